The molecule has 1 aromatic heterocycles. The number of thiophene rings is 1. The van der Waals surface area contributed by atoms with Crippen LogP contribution in [0.5, 0.6) is 11.5 Å². The quantitative estimate of drug-likeness (QED) is 0.568. The van der Waals surface area contributed by atoms with Gasteiger partial charge < -0.3 is 19.9 Å². The summed E-state index contributed by atoms with van der Waals surface area (Å²) < 4.78 is 48.8. The van der Waals surface area contributed by atoms with Crippen molar-refractivity contribution in [2.24, 2.45) is 0 Å². The van der Waals surface area contributed by atoms with E-state index in [4.69, 9.17) is 9.47 Å². The molecule has 0 aliphatic rings. The van der Waals surface area contributed by atoms with Crippen molar-refractivity contribution >= 4 is 17.2 Å². The van der Waals surface area contributed by atoms with Crippen molar-refractivity contribution in [1.29, 1.82) is 0 Å². The molecule has 1 heterocycles. The Balaban J connectivity index is 2.19. The van der Waals surface area contributed by atoms with Gasteiger partial charge >= 0.3 is 12.1 Å². The van der Waals surface area contributed by atoms with Crippen molar-refractivity contribution < 1.29 is 32.5 Å². The van der Waals surface area contributed by atoms with Gasteiger partial charge in [0.15, 0.2) is 11.5 Å². The minimum absolute atomic E-state index is 0.109. The number of rotatable bonds is 10. The number of hydrogen-bond donors (Lipinski definition) is 2. The zero-order valence-electron chi connectivity index (χ0n) is 17.1. The van der Waals surface area contributed by atoms with Crippen molar-refractivity contribution in [3.8, 4) is 11.5 Å². The molecule has 9 heteroatoms. The molecule has 1 aromatic carbocycles. The zero-order chi connectivity index (χ0) is 22.3. The van der Waals surface area contributed by atoms with Crippen LogP contribution in [0.4, 0.5) is 13.2 Å². The number of methoxy groups -OCH3 is 2. The van der Waals surface area contributed by atoms with Crippen LogP contribution in [-0.4, -0.2) is 37.5 Å². The number of benzene rings is 1. The minimum Gasteiger partial charge on any atom is -0.493 e. The summed E-state index contributed by atoms with van der Waals surface area (Å²) in [6.45, 7) is 2.02. The Kier molecular flexibility index (Phi) is 8.54. The molecule has 0 aliphatic carbocycles. The number of hydrogen-bond acceptors (Lipinski definition) is 5. The molecule has 0 radical (unpaired) electrons. The second kappa shape index (κ2) is 10.7. The fourth-order valence-electron chi connectivity index (χ4n) is 3.08. The highest BCUT2D eigenvalue weighted by molar-refractivity contribution is 7.10. The van der Waals surface area contributed by atoms with Crippen LogP contribution in [0.25, 0.3) is 0 Å². The van der Waals surface area contributed by atoms with Crippen molar-refractivity contribution in [3.63, 3.8) is 0 Å². The van der Waals surface area contributed by atoms with Crippen molar-refractivity contribution in [2.75, 3.05) is 14.2 Å². The van der Waals surface area contributed by atoms with Gasteiger partial charge in [-0.05, 0) is 54.0 Å². The van der Waals surface area contributed by atoms with Crippen LogP contribution in [0.15, 0.2) is 29.6 Å². The molecule has 0 saturated carbocycles. The summed E-state index contributed by atoms with van der Waals surface area (Å²) in [5.74, 6) is -1.04. The molecule has 0 bridgehead atoms. The second-order valence-electron chi connectivity index (χ2n) is 6.85. The topological polar surface area (TPSA) is 67.8 Å². The SMILES string of the molecule is CCCc1cc([C@H](O)[C@@H](CCc2ccc(OC)c(OC)c2)NC(=O)C(F)(F)F)cs1. The Morgan fingerprint density at radius 2 is 1.87 bits per heavy atom. The van der Waals surface area contributed by atoms with Crippen LogP contribution in [-0.2, 0) is 17.6 Å². The van der Waals surface area contributed by atoms with Gasteiger partial charge in [0.25, 0.3) is 0 Å². The van der Waals surface area contributed by atoms with Crippen LogP contribution in [0.1, 0.15) is 41.9 Å². The molecule has 2 rings (SSSR count). The summed E-state index contributed by atoms with van der Waals surface area (Å²) in [6, 6.07) is 5.86. The average molecular weight is 446 g/mol. The van der Waals surface area contributed by atoms with Gasteiger partial charge in [-0.2, -0.15) is 13.2 Å². The Morgan fingerprint density at radius 3 is 2.47 bits per heavy atom. The number of nitrogens with one attached hydrogen (secondary N) is 1. The standard InChI is InChI=1S/C21H26F3NO4S/c1-4-5-15-11-14(12-30-15)19(26)16(25-20(27)21(22,23)24)8-6-13-7-9-17(28-2)18(10-13)29-3/h7,9-12,16,19,26H,4-6,8H2,1-3H3,(H,25,27)/t16-,19+/m1/s1. The second-order valence-corrected chi connectivity index (χ2v) is 7.84. The number of aryl methyl sites for hydroxylation is 2. The number of aliphatic hydroxyl groups is 1. The normalized spacial score (nSPS) is 13.6. The number of ether oxygens (including phenoxy) is 2. The van der Waals surface area contributed by atoms with E-state index in [1.165, 1.54) is 25.6 Å². The van der Waals surface area contributed by atoms with E-state index in [1.54, 1.807) is 29.6 Å². The average Bonchev–Trinajstić information content (AvgIpc) is 3.18. The monoisotopic (exact) mass is 445 g/mol. The van der Waals surface area contributed by atoms with Crippen LogP contribution in [0.2, 0.25) is 0 Å². The van der Waals surface area contributed by atoms with E-state index in [0.29, 0.717) is 23.5 Å². The molecule has 0 aliphatic heterocycles. The lowest BCUT2D eigenvalue weighted by Gasteiger charge is -2.24. The predicted molar refractivity (Wildman–Crippen MR) is 109 cm³/mol. The number of carbonyl (C=O) groups excluding carboxylic acids is 1. The number of alkyl halides is 3. The van der Waals surface area contributed by atoms with Crippen LogP contribution < -0.4 is 14.8 Å². The van der Waals surface area contributed by atoms with E-state index in [9.17, 15) is 23.1 Å². The van der Waals surface area contributed by atoms with Gasteiger partial charge in [-0.1, -0.05) is 19.4 Å². The van der Waals surface area contributed by atoms with Crippen molar-refractivity contribution in [2.45, 2.75) is 50.9 Å². The molecule has 2 aromatic rings. The Labute approximate surface area is 177 Å². The molecule has 2 atom stereocenters. The maximum Gasteiger partial charge on any atom is 0.471 e. The third-order valence-electron chi connectivity index (χ3n) is 4.66. The number of halogens is 3. The van der Waals surface area contributed by atoms with Gasteiger partial charge in [0.2, 0.25) is 0 Å². The number of aliphatic hydroxyl groups excluding tert-OH is 1. The molecule has 2 N–H and O–H groups in total. The number of carbonyl (C=O) groups is 1. The highest BCUT2D eigenvalue weighted by Crippen LogP contribution is 2.30. The summed E-state index contributed by atoms with van der Waals surface area (Å²) in [4.78, 5) is 12.6. The van der Waals surface area contributed by atoms with Crippen LogP contribution >= 0.6 is 11.3 Å². The molecule has 166 valence electrons. The summed E-state index contributed by atoms with van der Waals surface area (Å²) >= 11 is 1.44. The van der Waals surface area contributed by atoms with Crippen LogP contribution in [0.3, 0.4) is 0 Å². The Morgan fingerprint density at radius 1 is 1.17 bits per heavy atom. The van der Waals surface area contributed by atoms with E-state index in [2.05, 4.69) is 0 Å². The van der Waals surface area contributed by atoms with E-state index >= 15 is 0 Å². The smallest absolute Gasteiger partial charge is 0.471 e. The molecule has 0 spiro atoms. The lowest BCUT2D eigenvalue weighted by atomic mass is 9.97. The van der Waals surface area contributed by atoms with E-state index in [1.807, 2.05) is 12.2 Å². The van der Waals surface area contributed by atoms with Gasteiger partial charge in [0.05, 0.1) is 26.4 Å². The largest absolute Gasteiger partial charge is 0.493 e. The van der Waals surface area contributed by atoms with Crippen LogP contribution in [0, 0.1) is 0 Å². The fourth-order valence-corrected chi connectivity index (χ4v) is 4.10. The molecule has 1 amide bonds. The Hall–Kier alpha value is -2.26. The molecule has 5 nitrogen and oxygen atoms in total. The molecular weight excluding hydrogens is 419 g/mol. The molecule has 0 fully saturated rings. The molecular formula is C21H26F3NO4S. The third-order valence-corrected chi connectivity index (χ3v) is 5.67. The summed E-state index contributed by atoms with van der Waals surface area (Å²) in [5.41, 5.74) is 1.28. The van der Waals surface area contributed by atoms with E-state index in [0.717, 1.165) is 23.3 Å². The van der Waals surface area contributed by atoms with Crippen molar-refractivity contribution in [1.82, 2.24) is 5.32 Å². The van der Waals surface area contributed by atoms with Gasteiger partial charge in [-0.15, -0.1) is 11.3 Å². The summed E-state index contributed by atoms with van der Waals surface area (Å²) in [5, 5.41) is 14.4. The van der Waals surface area contributed by atoms with Gasteiger partial charge in [-0.25, -0.2) is 0 Å². The van der Waals surface area contributed by atoms with Gasteiger partial charge in [-0.3, -0.25) is 4.79 Å². The summed E-state index contributed by atoms with van der Waals surface area (Å²) in [6.07, 6.45) is -4.10. The lowest BCUT2D eigenvalue weighted by molar-refractivity contribution is -0.175. The Bertz CT molecular complexity index is 838. The first-order chi connectivity index (χ1) is 14.2. The zero-order valence-corrected chi connectivity index (χ0v) is 17.9. The first-order valence-electron chi connectivity index (χ1n) is 9.53. The molecule has 0 unspecified atom stereocenters. The fraction of sp³-hybridized carbons (Fsp3) is 0.476. The first-order valence-corrected chi connectivity index (χ1v) is 10.4. The predicted octanol–water partition coefficient (Wildman–Crippen LogP) is 4.43. The number of amides is 1. The highest BCUT2D eigenvalue weighted by atomic mass is 32.1. The highest BCUT2D eigenvalue weighted by Gasteiger charge is 2.40. The van der Waals surface area contributed by atoms with Gasteiger partial charge in [0.1, 0.15) is 0 Å². The maximum absolute atomic E-state index is 12.8. The van der Waals surface area contributed by atoms with E-state index < -0.39 is 24.2 Å². The summed E-state index contributed by atoms with van der Waals surface area (Å²) in [7, 11) is 2.99. The first kappa shape index (κ1) is 24.0. The molecule has 0 saturated heterocycles. The van der Waals surface area contributed by atoms with Crippen molar-refractivity contribution in [3.05, 3.63) is 45.6 Å². The molecule has 30 heavy (non-hydrogen) atoms. The van der Waals surface area contributed by atoms with Gasteiger partial charge in [0, 0.05) is 4.88 Å². The van der Waals surface area contributed by atoms with E-state index in [-0.39, 0.29) is 6.42 Å². The maximum atomic E-state index is 12.8. The lowest BCUT2D eigenvalue weighted by Crippen LogP contribution is -2.46. The minimum atomic E-state index is -5.02. The third kappa shape index (κ3) is 6.37.